The van der Waals surface area contributed by atoms with E-state index in [0.717, 1.165) is 30.1 Å². The summed E-state index contributed by atoms with van der Waals surface area (Å²) >= 11 is 0. The molecule has 0 amide bonds. The molecule has 0 saturated heterocycles. The fourth-order valence-corrected chi connectivity index (χ4v) is 3.54. The van der Waals surface area contributed by atoms with Crippen LogP contribution in [0.4, 0.5) is 5.82 Å². The first-order valence-corrected chi connectivity index (χ1v) is 9.30. The highest BCUT2D eigenvalue weighted by molar-refractivity contribution is 5.84. The number of anilines is 1. The van der Waals surface area contributed by atoms with Gasteiger partial charge in [-0.2, -0.15) is 0 Å². The van der Waals surface area contributed by atoms with Crippen molar-refractivity contribution in [2.24, 2.45) is 0 Å². The van der Waals surface area contributed by atoms with Crippen molar-refractivity contribution < 1.29 is 9.15 Å². The third kappa shape index (κ3) is 3.64. The van der Waals surface area contributed by atoms with E-state index in [9.17, 15) is 4.79 Å². The Morgan fingerprint density at radius 1 is 1.32 bits per heavy atom. The minimum Gasteiger partial charge on any atom is -0.444 e. The molecule has 1 N–H and O–H groups in total. The number of aromatic amines is 1. The summed E-state index contributed by atoms with van der Waals surface area (Å²) in [5, 5.41) is 0. The number of nitrogens with one attached hydrogen (secondary N) is 1. The van der Waals surface area contributed by atoms with Gasteiger partial charge in [-0.3, -0.25) is 4.79 Å². The van der Waals surface area contributed by atoms with Gasteiger partial charge in [0, 0.05) is 50.0 Å². The van der Waals surface area contributed by atoms with Crippen LogP contribution in [0.15, 0.2) is 58.2 Å². The van der Waals surface area contributed by atoms with Crippen LogP contribution < -0.4 is 10.3 Å². The molecule has 3 aromatic rings. The van der Waals surface area contributed by atoms with E-state index in [0.29, 0.717) is 17.7 Å². The second-order valence-electron chi connectivity index (χ2n) is 6.96. The van der Waals surface area contributed by atoms with Crippen LogP contribution in [-0.2, 0) is 17.6 Å². The minimum atomic E-state index is -0.194. The van der Waals surface area contributed by atoms with Crippen LogP contribution in [-0.4, -0.2) is 36.8 Å². The highest BCUT2D eigenvalue weighted by Gasteiger charge is 2.26. The molecule has 1 aliphatic rings. The van der Waals surface area contributed by atoms with Crippen LogP contribution in [0.2, 0.25) is 0 Å². The molecule has 0 fully saturated rings. The molecule has 1 unspecified atom stereocenters. The van der Waals surface area contributed by atoms with Gasteiger partial charge in [-0.25, -0.2) is 4.98 Å². The average molecular weight is 377 g/mol. The largest absolute Gasteiger partial charge is 0.444 e. The number of rotatable bonds is 6. The number of ether oxygens (including phenoxy) is 1. The number of H-pyrrole nitrogens is 1. The molecule has 2 aromatic heterocycles. The number of likely N-dealkylation sites (N-methyl/N-ethyl adjacent to an activating group) is 1. The second-order valence-corrected chi connectivity index (χ2v) is 6.96. The first-order valence-electron chi connectivity index (χ1n) is 9.30. The van der Waals surface area contributed by atoms with E-state index >= 15 is 0 Å². The average Bonchev–Trinajstić information content (AvgIpc) is 3.26. The Kier molecular flexibility index (Phi) is 5.12. The van der Waals surface area contributed by atoms with Crippen LogP contribution in [0.3, 0.4) is 0 Å². The fraction of sp³-hybridized carbons (Fsp3) is 0.273. The van der Waals surface area contributed by atoms with E-state index in [2.05, 4.69) is 27.0 Å². The van der Waals surface area contributed by atoms with Crippen molar-refractivity contribution in [2.75, 3.05) is 25.6 Å². The standard InChI is InChI=1S/C22H23N3O3/c1-25(9-8-15-6-4-3-5-7-15)22-12-19(26)16-10-17(21-13-23-14-28-21)20(27-2)11-18(16)24-22/h3-7,10,12-14,20H,8-9,11H2,1-2H3,(H,24,26). The molecular weight excluding hydrogens is 354 g/mol. The summed E-state index contributed by atoms with van der Waals surface area (Å²) in [4.78, 5) is 22.3. The lowest BCUT2D eigenvalue weighted by Gasteiger charge is -2.26. The Morgan fingerprint density at radius 3 is 2.86 bits per heavy atom. The fourth-order valence-electron chi connectivity index (χ4n) is 3.54. The van der Waals surface area contributed by atoms with E-state index in [1.54, 1.807) is 19.4 Å². The lowest BCUT2D eigenvalue weighted by Crippen LogP contribution is -2.28. The molecule has 28 heavy (non-hydrogen) atoms. The third-order valence-corrected chi connectivity index (χ3v) is 5.16. The lowest BCUT2D eigenvalue weighted by atomic mass is 9.92. The Balaban J connectivity index is 1.60. The third-order valence-electron chi connectivity index (χ3n) is 5.16. The van der Waals surface area contributed by atoms with Gasteiger partial charge in [0.05, 0.1) is 12.3 Å². The Hall–Kier alpha value is -3.12. The van der Waals surface area contributed by atoms with Crippen molar-refractivity contribution in [1.82, 2.24) is 9.97 Å². The van der Waals surface area contributed by atoms with Crippen LogP contribution in [0.1, 0.15) is 22.6 Å². The first-order chi connectivity index (χ1) is 13.7. The molecular formula is C22H23N3O3. The maximum atomic E-state index is 12.8. The van der Waals surface area contributed by atoms with Gasteiger partial charge < -0.3 is 19.0 Å². The summed E-state index contributed by atoms with van der Waals surface area (Å²) < 4.78 is 11.1. The number of benzene rings is 1. The van der Waals surface area contributed by atoms with Gasteiger partial charge in [0.25, 0.3) is 0 Å². The topological polar surface area (TPSA) is 71.4 Å². The smallest absolute Gasteiger partial charge is 0.191 e. The molecule has 0 aliphatic heterocycles. The normalized spacial score (nSPS) is 15.8. The van der Waals surface area contributed by atoms with Crippen molar-refractivity contribution in [3.05, 3.63) is 81.8 Å². The van der Waals surface area contributed by atoms with Crippen molar-refractivity contribution in [3.8, 4) is 0 Å². The van der Waals surface area contributed by atoms with Crippen LogP contribution in [0.5, 0.6) is 0 Å². The minimum absolute atomic E-state index is 0.0121. The highest BCUT2D eigenvalue weighted by atomic mass is 16.5. The van der Waals surface area contributed by atoms with Gasteiger partial charge in [0.2, 0.25) is 0 Å². The monoisotopic (exact) mass is 377 g/mol. The van der Waals surface area contributed by atoms with E-state index < -0.39 is 0 Å². The zero-order valence-electron chi connectivity index (χ0n) is 16.0. The Morgan fingerprint density at radius 2 is 2.14 bits per heavy atom. The van der Waals surface area contributed by atoms with Gasteiger partial charge >= 0.3 is 0 Å². The Labute approximate surface area is 163 Å². The molecule has 2 heterocycles. The Bertz CT molecular complexity index is 1020. The quantitative estimate of drug-likeness (QED) is 0.714. The number of methoxy groups -OCH3 is 1. The van der Waals surface area contributed by atoms with Gasteiger partial charge in [-0.1, -0.05) is 30.3 Å². The van der Waals surface area contributed by atoms with Crippen LogP contribution in [0.25, 0.3) is 11.6 Å². The summed E-state index contributed by atoms with van der Waals surface area (Å²) in [7, 11) is 3.65. The van der Waals surface area contributed by atoms with E-state index in [1.807, 2.05) is 31.3 Å². The van der Waals surface area contributed by atoms with Gasteiger partial charge in [0.15, 0.2) is 17.6 Å². The molecule has 1 aromatic carbocycles. The number of oxazole rings is 1. The number of fused-ring (bicyclic) bond motifs is 1. The molecule has 6 heteroatoms. The molecule has 0 saturated carbocycles. The molecule has 1 atom stereocenters. The predicted molar refractivity (Wildman–Crippen MR) is 109 cm³/mol. The summed E-state index contributed by atoms with van der Waals surface area (Å²) in [5.41, 5.74) is 3.63. The zero-order chi connectivity index (χ0) is 19.5. The second kappa shape index (κ2) is 7.86. The van der Waals surface area contributed by atoms with Gasteiger partial charge in [-0.05, 0) is 18.1 Å². The van der Waals surface area contributed by atoms with Crippen LogP contribution in [0, 0.1) is 0 Å². The lowest BCUT2D eigenvalue weighted by molar-refractivity contribution is 0.146. The zero-order valence-corrected chi connectivity index (χ0v) is 16.0. The summed E-state index contributed by atoms with van der Waals surface area (Å²) in [5.74, 6) is 1.44. The van der Waals surface area contributed by atoms with E-state index in [4.69, 9.17) is 9.15 Å². The molecule has 0 spiro atoms. The molecule has 144 valence electrons. The molecule has 6 nitrogen and oxygen atoms in total. The van der Waals surface area contributed by atoms with Crippen molar-refractivity contribution in [2.45, 2.75) is 18.9 Å². The van der Waals surface area contributed by atoms with E-state index in [1.165, 1.54) is 12.0 Å². The maximum absolute atomic E-state index is 12.8. The first kappa shape index (κ1) is 18.3. The number of aromatic nitrogens is 2. The SMILES string of the molecule is COC1Cc2[nH]c(N(C)CCc3ccccc3)cc(=O)c2C=C1c1cnco1. The highest BCUT2D eigenvalue weighted by Crippen LogP contribution is 2.30. The summed E-state index contributed by atoms with van der Waals surface area (Å²) in [6, 6.07) is 12.0. The summed E-state index contributed by atoms with van der Waals surface area (Å²) in [6.07, 6.45) is 6.16. The summed E-state index contributed by atoms with van der Waals surface area (Å²) in [6.45, 7) is 0.811. The van der Waals surface area contributed by atoms with E-state index in [-0.39, 0.29) is 11.5 Å². The molecule has 4 rings (SSSR count). The molecule has 1 aliphatic carbocycles. The number of nitrogens with zero attached hydrogens (tertiary/aromatic N) is 2. The van der Waals surface area contributed by atoms with Crippen molar-refractivity contribution in [1.29, 1.82) is 0 Å². The van der Waals surface area contributed by atoms with Gasteiger partial charge in [-0.15, -0.1) is 0 Å². The number of hydrogen-bond donors (Lipinski definition) is 1. The predicted octanol–water partition coefficient (Wildman–Crippen LogP) is 3.15. The maximum Gasteiger partial charge on any atom is 0.191 e. The van der Waals surface area contributed by atoms with Crippen molar-refractivity contribution in [3.63, 3.8) is 0 Å². The van der Waals surface area contributed by atoms with Crippen molar-refractivity contribution >= 4 is 17.5 Å². The molecule has 0 radical (unpaired) electrons. The number of pyridine rings is 1. The number of hydrogen-bond acceptors (Lipinski definition) is 5. The van der Waals surface area contributed by atoms with Gasteiger partial charge in [0.1, 0.15) is 5.82 Å². The molecule has 0 bridgehead atoms. The van der Waals surface area contributed by atoms with Crippen LogP contribution >= 0.6 is 0 Å².